The molecular weight excluding hydrogens is 405 g/mol. The lowest BCUT2D eigenvalue weighted by Crippen LogP contribution is -2.77. The minimum Gasteiger partial charge on any atom is -0.296 e. The number of nitrogens with one attached hydrogen (secondary N) is 2. The third kappa shape index (κ3) is 5.88. The van der Waals surface area contributed by atoms with E-state index in [-0.39, 0.29) is 22.5 Å². The fourth-order valence-corrected chi connectivity index (χ4v) is 4.56. The SMILES string of the molecule is CC(C)(C)NS(=O)(=O)c1ccc([NH2+]C2=C(C(=N)C(F)(F)F)CCCC2)c(C#N)c1. The van der Waals surface area contributed by atoms with Gasteiger partial charge in [-0.3, -0.25) is 10.7 Å². The Morgan fingerprint density at radius 1 is 1.21 bits per heavy atom. The van der Waals surface area contributed by atoms with Gasteiger partial charge in [-0.25, -0.2) is 13.1 Å². The first-order valence-electron chi connectivity index (χ1n) is 9.05. The molecule has 29 heavy (non-hydrogen) atoms. The van der Waals surface area contributed by atoms with Crippen LogP contribution in [0.5, 0.6) is 0 Å². The van der Waals surface area contributed by atoms with Gasteiger partial charge in [0.15, 0.2) is 5.69 Å². The van der Waals surface area contributed by atoms with E-state index in [4.69, 9.17) is 5.41 Å². The van der Waals surface area contributed by atoms with E-state index in [2.05, 4.69) is 4.72 Å². The van der Waals surface area contributed by atoms with Crippen molar-refractivity contribution < 1.29 is 26.9 Å². The number of nitrogens with two attached hydrogens (primary N) is 1. The van der Waals surface area contributed by atoms with Gasteiger partial charge in [0.1, 0.15) is 23.0 Å². The lowest BCUT2D eigenvalue weighted by Gasteiger charge is -2.21. The van der Waals surface area contributed by atoms with Crippen molar-refractivity contribution in [3.63, 3.8) is 0 Å². The van der Waals surface area contributed by atoms with E-state index in [0.717, 1.165) is 0 Å². The number of allylic oxidation sites excluding steroid dienone is 2. The van der Waals surface area contributed by atoms with E-state index >= 15 is 0 Å². The summed E-state index contributed by atoms with van der Waals surface area (Å²) in [6, 6.07) is 5.85. The molecule has 0 saturated carbocycles. The van der Waals surface area contributed by atoms with Gasteiger partial charge < -0.3 is 0 Å². The summed E-state index contributed by atoms with van der Waals surface area (Å²) in [5.41, 5.74) is -1.42. The quantitative estimate of drug-likeness (QED) is 0.494. The molecule has 158 valence electrons. The van der Waals surface area contributed by atoms with Crippen LogP contribution in [0, 0.1) is 16.7 Å². The molecule has 0 spiro atoms. The number of sulfonamides is 1. The molecule has 10 heteroatoms. The molecule has 1 aliphatic rings. The lowest BCUT2D eigenvalue weighted by molar-refractivity contribution is -0.522. The largest absolute Gasteiger partial charge is 0.433 e. The van der Waals surface area contributed by atoms with Crippen LogP contribution in [0.4, 0.5) is 18.9 Å². The molecule has 4 N–H and O–H groups in total. The molecule has 0 heterocycles. The van der Waals surface area contributed by atoms with E-state index < -0.39 is 27.5 Å². The number of quaternary nitrogens is 1. The maximum atomic E-state index is 13.0. The van der Waals surface area contributed by atoms with Crippen molar-refractivity contribution in [2.75, 3.05) is 0 Å². The van der Waals surface area contributed by atoms with Crippen molar-refractivity contribution in [3.8, 4) is 6.07 Å². The van der Waals surface area contributed by atoms with Crippen LogP contribution in [0.2, 0.25) is 0 Å². The Kier molecular flexibility index (Phi) is 6.57. The highest BCUT2D eigenvalue weighted by Gasteiger charge is 2.39. The Hall–Kier alpha value is -2.22. The Morgan fingerprint density at radius 3 is 2.38 bits per heavy atom. The zero-order chi connectivity index (χ0) is 22.0. The minimum absolute atomic E-state index is 0.0396. The van der Waals surface area contributed by atoms with Gasteiger partial charge in [0, 0.05) is 23.6 Å². The van der Waals surface area contributed by atoms with Gasteiger partial charge in [0.05, 0.1) is 4.90 Å². The molecule has 0 aliphatic heterocycles. The highest BCUT2D eigenvalue weighted by molar-refractivity contribution is 7.89. The molecule has 6 nitrogen and oxygen atoms in total. The maximum Gasteiger partial charge on any atom is 0.433 e. The molecule has 1 aromatic carbocycles. The van der Waals surface area contributed by atoms with Crippen molar-refractivity contribution in [1.29, 1.82) is 10.7 Å². The predicted molar refractivity (Wildman–Crippen MR) is 102 cm³/mol. The molecule has 1 aliphatic carbocycles. The molecule has 0 amide bonds. The highest BCUT2D eigenvalue weighted by Crippen LogP contribution is 2.30. The second-order valence-corrected chi connectivity index (χ2v) is 9.63. The molecule has 0 saturated heterocycles. The van der Waals surface area contributed by atoms with Crippen LogP contribution in [0.25, 0.3) is 0 Å². The zero-order valence-electron chi connectivity index (χ0n) is 16.4. The summed E-state index contributed by atoms with van der Waals surface area (Å²) in [5, 5.41) is 18.4. The van der Waals surface area contributed by atoms with Crippen LogP contribution in [0.15, 0.2) is 34.4 Å². The first kappa shape index (κ1) is 23.1. The Morgan fingerprint density at radius 2 is 1.83 bits per heavy atom. The Bertz CT molecular complexity index is 984. The van der Waals surface area contributed by atoms with Crippen molar-refractivity contribution in [1.82, 2.24) is 4.72 Å². The molecule has 0 bridgehead atoms. The van der Waals surface area contributed by atoms with Gasteiger partial charge in [-0.1, -0.05) is 0 Å². The van der Waals surface area contributed by atoms with Gasteiger partial charge in [0.25, 0.3) is 0 Å². The number of benzene rings is 1. The molecule has 0 aromatic heterocycles. The first-order chi connectivity index (χ1) is 13.2. The molecular formula is C19H24F3N4O2S+. The van der Waals surface area contributed by atoms with Crippen molar-refractivity contribution in [2.24, 2.45) is 0 Å². The molecule has 2 rings (SSSR count). The molecule has 1 aromatic rings. The lowest BCUT2D eigenvalue weighted by atomic mass is 9.92. The van der Waals surface area contributed by atoms with Crippen LogP contribution < -0.4 is 10.0 Å². The average Bonchev–Trinajstić information content (AvgIpc) is 2.59. The Labute approximate surface area is 168 Å². The summed E-state index contributed by atoms with van der Waals surface area (Å²) < 4.78 is 66.5. The van der Waals surface area contributed by atoms with Crippen LogP contribution in [0.3, 0.4) is 0 Å². The van der Waals surface area contributed by atoms with Crippen LogP contribution in [-0.4, -0.2) is 25.8 Å². The van der Waals surface area contributed by atoms with E-state index in [1.165, 1.54) is 23.5 Å². The van der Waals surface area contributed by atoms with E-state index in [0.29, 0.717) is 30.6 Å². The van der Waals surface area contributed by atoms with Gasteiger partial charge in [-0.05, 0) is 52.2 Å². The average molecular weight is 429 g/mol. The van der Waals surface area contributed by atoms with Gasteiger partial charge >= 0.3 is 6.18 Å². The second-order valence-electron chi connectivity index (χ2n) is 7.94. The van der Waals surface area contributed by atoms with Crippen LogP contribution in [-0.2, 0) is 10.0 Å². The fraction of sp³-hybridized carbons (Fsp3) is 0.474. The summed E-state index contributed by atoms with van der Waals surface area (Å²) in [5.74, 6) is 0. The zero-order valence-corrected chi connectivity index (χ0v) is 17.3. The summed E-state index contributed by atoms with van der Waals surface area (Å²) in [6.45, 7) is 5.06. The molecule has 0 atom stereocenters. The first-order valence-corrected chi connectivity index (χ1v) is 10.5. The second kappa shape index (κ2) is 8.26. The van der Waals surface area contributed by atoms with Crippen molar-refractivity contribution in [2.45, 2.75) is 63.1 Å². The van der Waals surface area contributed by atoms with Crippen molar-refractivity contribution >= 4 is 21.4 Å². The molecule has 0 unspecified atom stereocenters. The monoisotopic (exact) mass is 429 g/mol. The normalized spacial score (nSPS) is 15.9. The number of halogens is 3. The number of nitriles is 1. The third-order valence-electron chi connectivity index (χ3n) is 4.32. The van der Waals surface area contributed by atoms with Gasteiger partial charge in [-0.2, -0.15) is 18.4 Å². The molecule has 0 radical (unpaired) electrons. The topological polar surface area (TPSA) is 110 Å². The number of hydrogen-bond donors (Lipinski definition) is 3. The van der Waals surface area contributed by atoms with Crippen LogP contribution >= 0.6 is 0 Å². The summed E-state index contributed by atoms with van der Waals surface area (Å²) in [4.78, 5) is -0.0954. The van der Waals surface area contributed by atoms with E-state index in [9.17, 15) is 26.9 Å². The number of nitrogens with zero attached hydrogens (tertiary/aromatic N) is 1. The smallest absolute Gasteiger partial charge is 0.296 e. The van der Waals surface area contributed by atoms with E-state index in [1.807, 2.05) is 6.07 Å². The van der Waals surface area contributed by atoms with Gasteiger partial charge in [-0.15, -0.1) is 0 Å². The van der Waals surface area contributed by atoms with E-state index in [1.54, 1.807) is 20.8 Å². The standard InChI is InChI=1S/C19H23F3N4O2S/c1-18(2,3)26-29(27,28)13-8-9-15(12(10-13)11-23)25-16-7-5-4-6-14(16)17(24)19(20,21)22/h8-10,24-26H,4-7H2,1-3H3/p+1. The number of hydrogen-bond acceptors (Lipinski definition) is 4. The van der Waals surface area contributed by atoms with Crippen molar-refractivity contribution in [3.05, 3.63) is 35.0 Å². The summed E-state index contributed by atoms with van der Waals surface area (Å²) in [7, 11) is -3.85. The predicted octanol–water partition coefficient (Wildman–Crippen LogP) is 3.24. The number of alkyl halides is 3. The fourth-order valence-electron chi connectivity index (χ4n) is 3.12. The highest BCUT2D eigenvalue weighted by atomic mass is 32.2. The third-order valence-corrected chi connectivity index (χ3v) is 6.08. The minimum atomic E-state index is -4.74. The van der Waals surface area contributed by atoms with Gasteiger partial charge in [0.2, 0.25) is 10.0 Å². The number of rotatable bonds is 5. The van der Waals surface area contributed by atoms with Crippen LogP contribution in [0.1, 0.15) is 52.0 Å². The summed E-state index contributed by atoms with van der Waals surface area (Å²) in [6.07, 6.45) is -2.98. The Balaban J connectivity index is 2.42. The maximum absolute atomic E-state index is 13.0. The summed E-state index contributed by atoms with van der Waals surface area (Å²) >= 11 is 0. The molecule has 0 fully saturated rings.